The van der Waals surface area contributed by atoms with Crippen LogP contribution in [0.2, 0.25) is 5.02 Å². The number of amides is 1. The number of pyridine rings is 1. The minimum Gasteiger partial charge on any atom is -0.399 e. The summed E-state index contributed by atoms with van der Waals surface area (Å²) in [6, 6.07) is 8.96. The van der Waals surface area contributed by atoms with Crippen LogP contribution < -0.4 is 5.73 Å². The van der Waals surface area contributed by atoms with Crippen LogP contribution in [-0.4, -0.2) is 22.3 Å². The second kappa shape index (κ2) is 5.74. The average Bonchev–Trinajstić information content (AvgIpc) is 2.99. The zero-order valence-electron chi connectivity index (χ0n) is 11.5. The molecule has 0 spiro atoms. The van der Waals surface area contributed by atoms with Crippen molar-refractivity contribution in [2.75, 3.05) is 12.3 Å². The number of carbonyl (C=O) groups is 1. The van der Waals surface area contributed by atoms with E-state index in [1.54, 1.807) is 24.4 Å². The van der Waals surface area contributed by atoms with Gasteiger partial charge in [0.15, 0.2) is 0 Å². The molecule has 1 aromatic carbocycles. The van der Waals surface area contributed by atoms with E-state index >= 15 is 0 Å². The number of nitrogens with zero attached hydrogens (tertiary/aromatic N) is 2. The summed E-state index contributed by atoms with van der Waals surface area (Å²) in [4.78, 5) is 18.8. The van der Waals surface area contributed by atoms with Crippen molar-refractivity contribution in [2.24, 2.45) is 0 Å². The smallest absolute Gasteiger partial charge is 0.255 e. The third-order valence-corrected chi connectivity index (χ3v) is 4.13. The summed E-state index contributed by atoms with van der Waals surface area (Å²) in [5.74, 6) is -0.0707. The maximum Gasteiger partial charge on any atom is 0.255 e. The van der Waals surface area contributed by atoms with Gasteiger partial charge in [0, 0.05) is 24.6 Å². The second-order valence-electron chi connectivity index (χ2n) is 5.18. The molecule has 2 aromatic rings. The van der Waals surface area contributed by atoms with E-state index in [2.05, 4.69) is 4.98 Å². The van der Waals surface area contributed by atoms with Gasteiger partial charge < -0.3 is 10.6 Å². The van der Waals surface area contributed by atoms with E-state index in [1.165, 1.54) is 0 Å². The molecule has 2 heterocycles. The molecule has 4 nitrogen and oxygen atoms in total. The lowest BCUT2D eigenvalue weighted by Gasteiger charge is -2.25. The summed E-state index contributed by atoms with van der Waals surface area (Å²) in [7, 11) is 0. The lowest BCUT2D eigenvalue weighted by molar-refractivity contribution is 0.0735. The Balaban J connectivity index is 1.92. The Hall–Kier alpha value is -2.07. The molecular formula is C16H16ClN3O. The van der Waals surface area contributed by atoms with Gasteiger partial charge in [0.05, 0.1) is 16.6 Å². The van der Waals surface area contributed by atoms with E-state index in [9.17, 15) is 4.79 Å². The molecule has 0 saturated carbocycles. The van der Waals surface area contributed by atoms with Crippen LogP contribution in [-0.2, 0) is 0 Å². The quantitative estimate of drug-likeness (QED) is 0.866. The lowest BCUT2D eigenvalue weighted by Crippen LogP contribution is -2.30. The number of halogens is 1. The molecule has 1 saturated heterocycles. The Labute approximate surface area is 128 Å². The SMILES string of the molecule is Nc1ccc(Cl)c(C(=O)N2CCCC2c2cccnc2)c1. The zero-order chi connectivity index (χ0) is 14.8. The first-order valence-corrected chi connectivity index (χ1v) is 7.30. The minimum absolute atomic E-state index is 0.0590. The number of rotatable bonds is 2. The van der Waals surface area contributed by atoms with Gasteiger partial charge in [-0.25, -0.2) is 0 Å². The second-order valence-corrected chi connectivity index (χ2v) is 5.59. The summed E-state index contributed by atoms with van der Waals surface area (Å²) in [5, 5.41) is 0.436. The summed E-state index contributed by atoms with van der Waals surface area (Å²) in [5.41, 5.74) is 7.84. The highest BCUT2D eigenvalue weighted by Gasteiger charge is 2.31. The Bertz CT molecular complexity index is 660. The highest BCUT2D eigenvalue weighted by Crippen LogP contribution is 2.34. The van der Waals surface area contributed by atoms with E-state index in [0.29, 0.717) is 16.3 Å². The third kappa shape index (κ3) is 2.72. The summed E-state index contributed by atoms with van der Waals surface area (Å²) < 4.78 is 0. The number of anilines is 1. The minimum atomic E-state index is -0.0707. The molecule has 21 heavy (non-hydrogen) atoms. The van der Waals surface area contributed by atoms with Gasteiger partial charge in [-0.3, -0.25) is 9.78 Å². The molecular weight excluding hydrogens is 286 g/mol. The van der Waals surface area contributed by atoms with Gasteiger partial charge in [-0.2, -0.15) is 0 Å². The van der Waals surface area contributed by atoms with E-state index in [-0.39, 0.29) is 11.9 Å². The number of carbonyl (C=O) groups excluding carboxylic acids is 1. The highest BCUT2D eigenvalue weighted by atomic mass is 35.5. The molecule has 108 valence electrons. The molecule has 1 amide bonds. The maximum absolute atomic E-state index is 12.8. The molecule has 1 aliphatic heterocycles. The fourth-order valence-corrected chi connectivity index (χ4v) is 2.99. The molecule has 0 aliphatic carbocycles. The Morgan fingerprint density at radius 1 is 1.38 bits per heavy atom. The number of benzene rings is 1. The molecule has 0 bridgehead atoms. The number of aromatic nitrogens is 1. The van der Waals surface area contributed by atoms with E-state index in [4.69, 9.17) is 17.3 Å². The van der Waals surface area contributed by atoms with Crippen LogP contribution in [0, 0.1) is 0 Å². The van der Waals surface area contributed by atoms with Gasteiger partial charge in [0.1, 0.15) is 0 Å². The van der Waals surface area contributed by atoms with Crippen molar-refractivity contribution in [3.63, 3.8) is 0 Å². The largest absolute Gasteiger partial charge is 0.399 e. The van der Waals surface area contributed by atoms with Crippen molar-refractivity contribution in [2.45, 2.75) is 18.9 Å². The van der Waals surface area contributed by atoms with Gasteiger partial charge in [0.25, 0.3) is 5.91 Å². The van der Waals surface area contributed by atoms with Gasteiger partial charge in [-0.1, -0.05) is 17.7 Å². The summed E-state index contributed by atoms with van der Waals surface area (Å²) in [6.07, 6.45) is 5.47. The number of hydrogen-bond acceptors (Lipinski definition) is 3. The van der Waals surface area contributed by atoms with E-state index in [1.807, 2.05) is 23.2 Å². The van der Waals surface area contributed by atoms with Gasteiger partial charge in [0.2, 0.25) is 0 Å². The van der Waals surface area contributed by atoms with Gasteiger partial charge >= 0.3 is 0 Å². The topological polar surface area (TPSA) is 59.2 Å². The molecule has 1 fully saturated rings. The molecule has 1 aliphatic rings. The number of likely N-dealkylation sites (tertiary alicyclic amines) is 1. The van der Waals surface area contributed by atoms with Crippen molar-refractivity contribution < 1.29 is 4.79 Å². The molecule has 1 atom stereocenters. The van der Waals surface area contributed by atoms with Gasteiger partial charge in [-0.05, 0) is 42.7 Å². The van der Waals surface area contributed by atoms with Crippen LogP contribution in [0.5, 0.6) is 0 Å². The van der Waals surface area contributed by atoms with Crippen LogP contribution >= 0.6 is 11.6 Å². The fourth-order valence-electron chi connectivity index (χ4n) is 2.79. The van der Waals surface area contributed by atoms with E-state index < -0.39 is 0 Å². The Kier molecular flexibility index (Phi) is 3.80. The molecule has 5 heteroatoms. The summed E-state index contributed by atoms with van der Waals surface area (Å²) >= 11 is 6.15. The van der Waals surface area contributed by atoms with Gasteiger partial charge in [-0.15, -0.1) is 0 Å². The van der Waals surface area contributed by atoms with Crippen molar-refractivity contribution in [1.29, 1.82) is 0 Å². The standard InChI is InChI=1S/C16H16ClN3O/c17-14-6-5-12(18)9-13(14)16(21)20-8-2-4-15(20)11-3-1-7-19-10-11/h1,3,5-7,9-10,15H,2,4,8,18H2. The van der Waals surface area contributed by atoms with Crippen LogP contribution in [0.3, 0.4) is 0 Å². The molecule has 0 radical (unpaired) electrons. The monoisotopic (exact) mass is 301 g/mol. The Morgan fingerprint density at radius 2 is 2.24 bits per heavy atom. The third-order valence-electron chi connectivity index (χ3n) is 3.80. The van der Waals surface area contributed by atoms with Crippen molar-refractivity contribution in [3.8, 4) is 0 Å². The summed E-state index contributed by atoms with van der Waals surface area (Å²) in [6.45, 7) is 0.726. The van der Waals surface area contributed by atoms with Crippen molar-refractivity contribution in [3.05, 3.63) is 58.9 Å². The molecule has 1 unspecified atom stereocenters. The average molecular weight is 302 g/mol. The number of nitrogens with two attached hydrogens (primary N) is 1. The first kappa shape index (κ1) is 13.9. The number of hydrogen-bond donors (Lipinski definition) is 1. The highest BCUT2D eigenvalue weighted by molar-refractivity contribution is 6.34. The molecule has 3 rings (SSSR count). The Morgan fingerprint density at radius 3 is 3.00 bits per heavy atom. The maximum atomic E-state index is 12.8. The lowest BCUT2D eigenvalue weighted by atomic mass is 10.1. The first-order chi connectivity index (χ1) is 10.2. The van der Waals surface area contributed by atoms with Crippen LogP contribution in [0.1, 0.15) is 34.8 Å². The predicted octanol–water partition coefficient (Wildman–Crippen LogP) is 3.29. The number of nitrogen functional groups attached to an aromatic ring is 1. The normalized spacial score (nSPS) is 18.0. The zero-order valence-corrected chi connectivity index (χ0v) is 12.3. The van der Waals surface area contributed by atoms with Crippen molar-refractivity contribution in [1.82, 2.24) is 9.88 Å². The van der Waals surface area contributed by atoms with Crippen LogP contribution in [0.15, 0.2) is 42.7 Å². The van der Waals surface area contributed by atoms with Crippen molar-refractivity contribution >= 4 is 23.2 Å². The van der Waals surface area contributed by atoms with Crippen LogP contribution in [0.25, 0.3) is 0 Å². The molecule has 2 N–H and O–H groups in total. The fraction of sp³-hybridized carbons (Fsp3) is 0.250. The van der Waals surface area contributed by atoms with E-state index in [0.717, 1.165) is 24.9 Å². The predicted molar refractivity (Wildman–Crippen MR) is 83.1 cm³/mol. The first-order valence-electron chi connectivity index (χ1n) is 6.93. The molecule has 1 aromatic heterocycles. The van der Waals surface area contributed by atoms with Crippen LogP contribution in [0.4, 0.5) is 5.69 Å².